The Labute approximate surface area is 122 Å². The Morgan fingerprint density at radius 3 is 2.25 bits per heavy atom. The van der Waals surface area contributed by atoms with Crippen molar-refractivity contribution in [1.82, 2.24) is 5.32 Å². The SMILES string of the molecule is CCCCC1CCC(C(=O)NC(C(=O)O)C(C)C)CC1. The summed E-state index contributed by atoms with van der Waals surface area (Å²) >= 11 is 0. The first kappa shape index (κ1) is 17.0. The molecule has 0 bridgehead atoms. The molecule has 0 spiro atoms. The second-order valence-electron chi connectivity index (χ2n) is 6.43. The topological polar surface area (TPSA) is 66.4 Å². The van der Waals surface area contributed by atoms with Crippen LogP contribution in [0.1, 0.15) is 65.7 Å². The van der Waals surface area contributed by atoms with E-state index in [0.29, 0.717) is 0 Å². The Morgan fingerprint density at radius 1 is 1.20 bits per heavy atom. The van der Waals surface area contributed by atoms with Gasteiger partial charge in [0.2, 0.25) is 5.91 Å². The molecule has 0 aliphatic heterocycles. The van der Waals surface area contributed by atoms with E-state index >= 15 is 0 Å². The van der Waals surface area contributed by atoms with Crippen molar-refractivity contribution in [3.05, 3.63) is 0 Å². The largest absolute Gasteiger partial charge is 0.480 e. The Morgan fingerprint density at radius 2 is 1.80 bits per heavy atom. The average Bonchev–Trinajstić information content (AvgIpc) is 2.42. The van der Waals surface area contributed by atoms with E-state index < -0.39 is 12.0 Å². The third-order valence-electron chi connectivity index (χ3n) is 4.41. The second kappa shape index (κ2) is 8.28. The first-order valence-electron chi connectivity index (χ1n) is 7.98. The molecule has 1 saturated carbocycles. The van der Waals surface area contributed by atoms with E-state index in [2.05, 4.69) is 12.2 Å². The predicted molar refractivity (Wildman–Crippen MR) is 79.4 cm³/mol. The van der Waals surface area contributed by atoms with Gasteiger partial charge < -0.3 is 10.4 Å². The third-order valence-corrected chi connectivity index (χ3v) is 4.41. The Bertz CT molecular complexity index is 320. The highest BCUT2D eigenvalue weighted by Crippen LogP contribution is 2.32. The number of carboxylic acid groups (broad SMARTS) is 1. The molecule has 0 aromatic heterocycles. The molecule has 1 aliphatic carbocycles. The lowest BCUT2D eigenvalue weighted by Crippen LogP contribution is -2.47. The van der Waals surface area contributed by atoms with Crippen LogP contribution in [0.15, 0.2) is 0 Å². The molecule has 1 atom stereocenters. The number of amides is 1. The fraction of sp³-hybridized carbons (Fsp3) is 0.875. The molecule has 4 heteroatoms. The molecule has 116 valence electrons. The molecule has 1 rings (SSSR count). The van der Waals surface area contributed by atoms with E-state index in [1.54, 1.807) is 0 Å². The smallest absolute Gasteiger partial charge is 0.326 e. The molecule has 1 unspecified atom stereocenters. The molecule has 0 radical (unpaired) electrons. The zero-order valence-corrected chi connectivity index (χ0v) is 13.0. The number of hydrogen-bond acceptors (Lipinski definition) is 2. The van der Waals surface area contributed by atoms with Crippen LogP contribution in [0, 0.1) is 17.8 Å². The molecule has 2 N–H and O–H groups in total. The fourth-order valence-electron chi connectivity index (χ4n) is 2.99. The van der Waals surface area contributed by atoms with Gasteiger partial charge in [-0.15, -0.1) is 0 Å². The van der Waals surface area contributed by atoms with Crippen LogP contribution >= 0.6 is 0 Å². The summed E-state index contributed by atoms with van der Waals surface area (Å²) in [5.74, 6) is -0.324. The van der Waals surface area contributed by atoms with Crippen LogP contribution < -0.4 is 5.32 Å². The molecular formula is C16H29NO3. The standard InChI is InChI=1S/C16H29NO3/c1-4-5-6-12-7-9-13(10-8-12)15(18)17-14(11(2)3)16(19)20/h11-14H,4-10H2,1-3H3,(H,17,18)(H,19,20). The van der Waals surface area contributed by atoms with Gasteiger partial charge in [-0.3, -0.25) is 4.79 Å². The van der Waals surface area contributed by atoms with Crippen molar-refractivity contribution in [1.29, 1.82) is 0 Å². The maximum absolute atomic E-state index is 12.2. The van der Waals surface area contributed by atoms with Gasteiger partial charge in [-0.05, 0) is 37.5 Å². The predicted octanol–water partition coefficient (Wildman–Crippen LogP) is 3.21. The van der Waals surface area contributed by atoms with E-state index in [-0.39, 0.29) is 17.7 Å². The van der Waals surface area contributed by atoms with Gasteiger partial charge in [0.1, 0.15) is 6.04 Å². The van der Waals surface area contributed by atoms with Gasteiger partial charge in [-0.2, -0.15) is 0 Å². The second-order valence-corrected chi connectivity index (χ2v) is 6.43. The van der Waals surface area contributed by atoms with Gasteiger partial charge in [0.05, 0.1) is 0 Å². The highest BCUT2D eigenvalue weighted by molar-refractivity contribution is 5.85. The van der Waals surface area contributed by atoms with Crippen LogP contribution in [0.5, 0.6) is 0 Å². The Hall–Kier alpha value is -1.06. The van der Waals surface area contributed by atoms with Crippen molar-refractivity contribution in [2.45, 2.75) is 71.8 Å². The highest BCUT2D eigenvalue weighted by Gasteiger charge is 2.30. The van der Waals surface area contributed by atoms with Crippen LogP contribution in [-0.2, 0) is 9.59 Å². The van der Waals surface area contributed by atoms with Crippen LogP contribution in [0.4, 0.5) is 0 Å². The van der Waals surface area contributed by atoms with Crippen molar-refractivity contribution in [2.24, 2.45) is 17.8 Å². The van der Waals surface area contributed by atoms with Crippen molar-refractivity contribution < 1.29 is 14.7 Å². The van der Waals surface area contributed by atoms with Gasteiger partial charge in [0.15, 0.2) is 0 Å². The maximum atomic E-state index is 12.2. The van der Waals surface area contributed by atoms with E-state index in [1.807, 2.05) is 13.8 Å². The third kappa shape index (κ3) is 5.14. The number of hydrogen-bond donors (Lipinski definition) is 2. The van der Waals surface area contributed by atoms with Crippen LogP contribution in [0.3, 0.4) is 0 Å². The van der Waals surface area contributed by atoms with Crippen molar-refractivity contribution in [3.8, 4) is 0 Å². The molecular weight excluding hydrogens is 254 g/mol. The molecule has 1 fully saturated rings. The zero-order valence-electron chi connectivity index (χ0n) is 13.0. The van der Waals surface area contributed by atoms with Crippen LogP contribution in [-0.4, -0.2) is 23.0 Å². The minimum absolute atomic E-state index is 0.00785. The first-order valence-corrected chi connectivity index (χ1v) is 7.98. The number of carboxylic acids is 1. The first-order chi connectivity index (χ1) is 9.45. The number of aliphatic carboxylic acids is 1. The zero-order chi connectivity index (χ0) is 15.1. The van der Waals surface area contributed by atoms with Crippen molar-refractivity contribution >= 4 is 11.9 Å². The number of rotatable bonds is 7. The Kier molecular flexibility index (Phi) is 7.03. The number of nitrogens with one attached hydrogen (secondary N) is 1. The van der Waals surface area contributed by atoms with Crippen LogP contribution in [0.2, 0.25) is 0 Å². The highest BCUT2D eigenvalue weighted by atomic mass is 16.4. The average molecular weight is 283 g/mol. The van der Waals surface area contributed by atoms with Crippen molar-refractivity contribution in [3.63, 3.8) is 0 Å². The quantitative estimate of drug-likeness (QED) is 0.754. The summed E-state index contributed by atoms with van der Waals surface area (Å²) in [6.45, 7) is 5.85. The molecule has 0 aromatic carbocycles. The summed E-state index contributed by atoms with van der Waals surface area (Å²) in [4.78, 5) is 23.3. The van der Waals surface area contributed by atoms with Gasteiger partial charge in [-0.1, -0.05) is 40.0 Å². The summed E-state index contributed by atoms with van der Waals surface area (Å²) in [6.07, 6.45) is 7.81. The minimum atomic E-state index is -0.940. The summed E-state index contributed by atoms with van der Waals surface area (Å²) in [5, 5.41) is 11.8. The van der Waals surface area contributed by atoms with Gasteiger partial charge in [0.25, 0.3) is 0 Å². The lowest BCUT2D eigenvalue weighted by atomic mass is 9.79. The number of carbonyl (C=O) groups is 2. The van der Waals surface area contributed by atoms with Crippen LogP contribution in [0.25, 0.3) is 0 Å². The number of carbonyl (C=O) groups excluding carboxylic acids is 1. The van der Waals surface area contributed by atoms with E-state index in [9.17, 15) is 9.59 Å². The van der Waals surface area contributed by atoms with E-state index in [0.717, 1.165) is 31.6 Å². The molecule has 1 aliphatic rings. The maximum Gasteiger partial charge on any atom is 0.326 e. The van der Waals surface area contributed by atoms with Gasteiger partial charge in [-0.25, -0.2) is 4.79 Å². The molecule has 0 saturated heterocycles. The lowest BCUT2D eigenvalue weighted by Gasteiger charge is -2.29. The molecule has 4 nitrogen and oxygen atoms in total. The summed E-state index contributed by atoms with van der Waals surface area (Å²) in [5.41, 5.74) is 0. The number of unbranched alkanes of at least 4 members (excludes halogenated alkanes) is 1. The Balaban J connectivity index is 2.40. The molecule has 0 heterocycles. The lowest BCUT2D eigenvalue weighted by molar-refractivity contribution is -0.144. The van der Waals surface area contributed by atoms with Gasteiger partial charge in [0, 0.05) is 5.92 Å². The molecule has 0 aromatic rings. The minimum Gasteiger partial charge on any atom is -0.480 e. The van der Waals surface area contributed by atoms with E-state index in [4.69, 9.17) is 5.11 Å². The normalized spacial score (nSPS) is 24.4. The van der Waals surface area contributed by atoms with Crippen molar-refractivity contribution in [2.75, 3.05) is 0 Å². The summed E-state index contributed by atoms with van der Waals surface area (Å²) in [7, 11) is 0. The summed E-state index contributed by atoms with van der Waals surface area (Å²) in [6, 6.07) is -0.764. The fourth-order valence-corrected chi connectivity index (χ4v) is 2.99. The van der Waals surface area contributed by atoms with Gasteiger partial charge >= 0.3 is 5.97 Å². The monoisotopic (exact) mass is 283 g/mol. The van der Waals surface area contributed by atoms with E-state index in [1.165, 1.54) is 19.3 Å². The summed E-state index contributed by atoms with van der Waals surface area (Å²) < 4.78 is 0. The molecule has 1 amide bonds. The molecule has 20 heavy (non-hydrogen) atoms.